The Kier molecular flexibility index (Phi) is 5.63. The maximum absolute atomic E-state index is 14.7. The molecule has 1 saturated heterocycles. The number of anilines is 1. The number of nitrogens with zero attached hydrogens (tertiary/aromatic N) is 4. The van der Waals surface area contributed by atoms with Gasteiger partial charge < -0.3 is 20.3 Å². The van der Waals surface area contributed by atoms with Crippen LogP contribution < -0.4 is 16.3 Å². The van der Waals surface area contributed by atoms with Gasteiger partial charge in [0, 0.05) is 55.9 Å². The molecular weight excluding hydrogens is 457 g/mol. The van der Waals surface area contributed by atoms with E-state index >= 15 is 0 Å². The molecule has 2 aromatic heterocycles. The summed E-state index contributed by atoms with van der Waals surface area (Å²) in [6.45, 7) is 1.50. The van der Waals surface area contributed by atoms with Gasteiger partial charge in [-0.05, 0) is 53.9 Å². The minimum absolute atomic E-state index is 0.0719. The van der Waals surface area contributed by atoms with Gasteiger partial charge in [-0.1, -0.05) is 17.7 Å². The average Bonchev–Trinajstić information content (AvgIpc) is 3.40. The lowest BCUT2D eigenvalue weighted by atomic mass is 9.97. The molecule has 34 heavy (non-hydrogen) atoms. The van der Waals surface area contributed by atoms with Crippen LogP contribution in [-0.2, 0) is 7.05 Å². The third-order valence-electron chi connectivity index (χ3n) is 6.15. The number of aryl methyl sites for hydroxylation is 1. The summed E-state index contributed by atoms with van der Waals surface area (Å²) in [5.74, 6) is 0.164. The van der Waals surface area contributed by atoms with Crippen molar-refractivity contribution in [2.45, 2.75) is 12.5 Å². The first-order chi connectivity index (χ1) is 16.3. The molecule has 0 amide bonds. The Labute approximate surface area is 200 Å². The van der Waals surface area contributed by atoms with Gasteiger partial charge in [-0.3, -0.25) is 4.57 Å². The van der Waals surface area contributed by atoms with Crippen molar-refractivity contribution in [2.24, 2.45) is 12.8 Å². The molecule has 0 unspecified atom stereocenters. The predicted molar refractivity (Wildman–Crippen MR) is 131 cm³/mol. The lowest BCUT2D eigenvalue weighted by Gasteiger charge is -2.18. The van der Waals surface area contributed by atoms with Crippen LogP contribution in [0.2, 0.25) is 5.02 Å². The predicted octanol–water partition coefficient (Wildman–Crippen LogP) is 3.94. The van der Waals surface area contributed by atoms with Crippen LogP contribution in [-0.4, -0.2) is 38.4 Å². The molecule has 1 fully saturated rings. The number of pyridine rings is 1. The molecule has 1 aliphatic rings. The number of aromatic hydroxyl groups is 1. The van der Waals surface area contributed by atoms with Gasteiger partial charge in [0.05, 0.1) is 10.7 Å². The first kappa shape index (κ1) is 22.2. The third-order valence-corrected chi connectivity index (χ3v) is 6.45. The molecule has 0 radical (unpaired) electrons. The maximum Gasteiger partial charge on any atom is 0.332 e. The van der Waals surface area contributed by atoms with Crippen LogP contribution in [0.15, 0.2) is 65.8 Å². The van der Waals surface area contributed by atoms with E-state index in [-0.39, 0.29) is 17.5 Å². The van der Waals surface area contributed by atoms with Crippen LogP contribution >= 0.6 is 11.6 Å². The lowest BCUT2D eigenvalue weighted by Crippen LogP contribution is -2.26. The van der Waals surface area contributed by atoms with Crippen LogP contribution in [0.1, 0.15) is 6.42 Å². The van der Waals surface area contributed by atoms with Crippen LogP contribution in [0.4, 0.5) is 10.2 Å². The van der Waals surface area contributed by atoms with E-state index in [2.05, 4.69) is 9.88 Å². The highest BCUT2D eigenvalue weighted by molar-refractivity contribution is 6.32. The summed E-state index contributed by atoms with van der Waals surface area (Å²) in [5.41, 5.74) is 8.09. The zero-order valence-electron chi connectivity index (χ0n) is 18.4. The average molecular weight is 480 g/mol. The molecule has 4 aromatic rings. The van der Waals surface area contributed by atoms with Crippen molar-refractivity contribution in [2.75, 3.05) is 18.0 Å². The molecule has 0 bridgehead atoms. The van der Waals surface area contributed by atoms with Gasteiger partial charge in [-0.25, -0.2) is 14.2 Å². The van der Waals surface area contributed by atoms with Crippen molar-refractivity contribution >= 4 is 17.4 Å². The molecule has 5 rings (SSSR count). The number of phenolic OH excluding ortho intramolecular Hbond substituents is 1. The molecule has 7 nitrogen and oxygen atoms in total. The van der Waals surface area contributed by atoms with Gasteiger partial charge in [0.1, 0.15) is 17.4 Å². The normalized spacial score (nSPS) is 15.8. The Balaban J connectivity index is 1.55. The van der Waals surface area contributed by atoms with Gasteiger partial charge in [0.2, 0.25) is 0 Å². The number of halogens is 2. The molecule has 0 aliphatic carbocycles. The van der Waals surface area contributed by atoms with Crippen molar-refractivity contribution in [3.05, 3.63) is 82.4 Å². The van der Waals surface area contributed by atoms with Gasteiger partial charge >= 0.3 is 5.69 Å². The van der Waals surface area contributed by atoms with Crippen LogP contribution in [0.5, 0.6) is 5.75 Å². The summed E-state index contributed by atoms with van der Waals surface area (Å²) in [6, 6.07) is 11.2. The van der Waals surface area contributed by atoms with E-state index in [1.54, 1.807) is 49.9 Å². The molecular formula is C25H23ClFN5O2. The minimum atomic E-state index is -0.496. The van der Waals surface area contributed by atoms with Crippen molar-refractivity contribution in [3.63, 3.8) is 0 Å². The van der Waals surface area contributed by atoms with Crippen molar-refractivity contribution < 1.29 is 9.50 Å². The number of benzene rings is 2. The number of rotatable bonds is 4. The highest BCUT2D eigenvalue weighted by Gasteiger charge is 2.21. The monoisotopic (exact) mass is 479 g/mol. The van der Waals surface area contributed by atoms with E-state index in [0.717, 1.165) is 18.8 Å². The molecule has 3 N–H and O–H groups in total. The van der Waals surface area contributed by atoms with E-state index in [1.807, 2.05) is 6.07 Å². The van der Waals surface area contributed by atoms with Gasteiger partial charge in [-0.15, -0.1) is 0 Å². The largest absolute Gasteiger partial charge is 0.507 e. The van der Waals surface area contributed by atoms with Crippen LogP contribution in [0.25, 0.3) is 27.9 Å². The Morgan fingerprint density at radius 3 is 2.47 bits per heavy atom. The Morgan fingerprint density at radius 1 is 1.12 bits per heavy atom. The Bertz CT molecular complexity index is 1450. The summed E-state index contributed by atoms with van der Waals surface area (Å²) in [5, 5.41) is 11.4. The maximum atomic E-state index is 14.7. The quantitative estimate of drug-likeness (QED) is 0.463. The first-order valence-electron chi connectivity index (χ1n) is 10.9. The number of aromatic nitrogens is 3. The van der Waals surface area contributed by atoms with Crippen molar-refractivity contribution in [1.29, 1.82) is 0 Å². The molecule has 2 aromatic carbocycles. The van der Waals surface area contributed by atoms with E-state index in [1.165, 1.54) is 21.3 Å². The van der Waals surface area contributed by atoms with Crippen molar-refractivity contribution in [3.8, 4) is 33.7 Å². The van der Waals surface area contributed by atoms with Crippen LogP contribution in [0.3, 0.4) is 0 Å². The summed E-state index contributed by atoms with van der Waals surface area (Å²) < 4.78 is 17.6. The summed E-state index contributed by atoms with van der Waals surface area (Å²) >= 11 is 6.48. The second-order valence-electron chi connectivity index (χ2n) is 8.47. The highest BCUT2D eigenvalue weighted by atomic mass is 35.5. The van der Waals surface area contributed by atoms with E-state index < -0.39 is 5.82 Å². The standard InChI is InChI=1S/C25H23ClFN5O2/c1-30-8-9-32(25(30)34)22-3-2-15(10-21(22)26)19-12-17(27)13-20(24(19)33)16-4-6-29-23(11-16)31-7-5-18(28)14-31/h2-4,6,8-13,18,33H,5,7,14,28H2,1H3/t18-/m0/s1. The van der Waals surface area contributed by atoms with Crippen molar-refractivity contribution in [1.82, 2.24) is 14.1 Å². The number of imidazole rings is 1. The Hall–Kier alpha value is -3.62. The SMILES string of the molecule is Cn1ccn(-c2ccc(-c3cc(F)cc(-c4ccnc(N5CC[C@H](N)C5)c4)c3O)cc2Cl)c1=O. The second-order valence-corrected chi connectivity index (χ2v) is 8.88. The van der Waals surface area contributed by atoms with Gasteiger partial charge in [0.15, 0.2) is 0 Å². The van der Waals surface area contributed by atoms with E-state index in [4.69, 9.17) is 17.3 Å². The minimum Gasteiger partial charge on any atom is -0.507 e. The molecule has 1 aliphatic heterocycles. The van der Waals surface area contributed by atoms with E-state index in [0.29, 0.717) is 39.5 Å². The second kappa shape index (κ2) is 8.62. The molecule has 0 saturated carbocycles. The highest BCUT2D eigenvalue weighted by Crippen LogP contribution is 2.41. The topological polar surface area (TPSA) is 89.3 Å². The van der Waals surface area contributed by atoms with Gasteiger partial charge in [0.25, 0.3) is 0 Å². The zero-order valence-corrected chi connectivity index (χ0v) is 19.2. The summed E-state index contributed by atoms with van der Waals surface area (Å²) in [6.07, 6.45) is 5.78. The number of hydrogen-bond donors (Lipinski definition) is 2. The first-order valence-corrected chi connectivity index (χ1v) is 11.2. The number of phenols is 1. The summed E-state index contributed by atoms with van der Waals surface area (Å²) in [7, 11) is 1.65. The fourth-order valence-corrected chi connectivity index (χ4v) is 4.58. The molecule has 1 atom stereocenters. The fourth-order valence-electron chi connectivity index (χ4n) is 4.31. The number of hydrogen-bond acceptors (Lipinski definition) is 5. The number of nitrogens with two attached hydrogens (primary N) is 1. The van der Waals surface area contributed by atoms with E-state index in [9.17, 15) is 14.3 Å². The fraction of sp³-hybridized carbons (Fsp3) is 0.200. The van der Waals surface area contributed by atoms with Gasteiger partial charge in [-0.2, -0.15) is 0 Å². The lowest BCUT2D eigenvalue weighted by molar-refractivity contribution is 0.477. The zero-order chi connectivity index (χ0) is 24.0. The van der Waals surface area contributed by atoms with Crippen LogP contribution in [0, 0.1) is 5.82 Å². The Morgan fingerprint density at radius 2 is 1.85 bits per heavy atom. The third kappa shape index (κ3) is 3.95. The smallest absolute Gasteiger partial charge is 0.332 e. The molecule has 3 heterocycles. The summed E-state index contributed by atoms with van der Waals surface area (Å²) in [4.78, 5) is 18.8. The molecule has 9 heteroatoms. The molecule has 174 valence electrons. The molecule has 0 spiro atoms.